The summed E-state index contributed by atoms with van der Waals surface area (Å²) in [5.41, 5.74) is 0. The van der Waals surface area contributed by atoms with E-state index >= 15 is 0 Å². The van der Waals surface area contributed by atoms with Gasteiger partial charge >= 0.3 is 0 Å². The molecule has 2 nitrogen and oxygen atoms in total. The first-order valence-electron chi connectivity index (χ1n) is 7.54. The van der Waals surface area contributed by atoms with E-state index in [4.69, 9.17) is 11.6 Å². The van der Waals surface area contributed by atoms with Crippen LogP contribution in [0.5, 0.6) is 0 Å². The van der Waals surface area contributed by atoms with Gasteiger partial charge in [-0.25, -0.2) is 0 Å². The van der Waals surface area contributed by atoms with E-state index < -0.39 is 0 Å². The zero-order valence-corrected chi connectivity index (χ0v) is 12.9. The van der Waals surface area contributed by atoms with E-state index in [1.807, 2.05) is 6.07 Å². The number of halogens is 1. The van der Waals surface area contributed by atoms with Gasteiger partial charge in [0, 0.05) is 23.5 Å². The van der Waals surface area contributed by atoms with Crippen molar-refractivity contribution in [2.45, 2.75) is 50.6 Å². The highest BCUT2D eigenvalue weighted by atomic mass is 35.5. The van der Waals surface area contributed by atoms with Crippen LogP contribution in [0.15, 0.2) is 12.1 Å². The monoisotopic (exact) mass is 298 g/mol. The summed E-state index contributed by atoms with van der Waals surface area (Å²) in [5.74, 6) is 0.856. The van der Waals surface area contributed by atoms with Gasteiger partial charge in [0.05, 0.1) is 4.34 Å². The average Bonchev–Trinajstić information content (AvgIpc) is 3.09. The second kappa shape index (κ2) is 6.57. The predicted octanol–water partition coefficient (Wildman–Crippen LogP) is 3.45. The van der Waals surface area contributed by atoms with Crippen molar-refractivity contribution in [2.24, 2.45) is 5.92 Å². The summed E-state index contributed by atoms with van der Waals surface area (Å²) in [6, 6.07) is 5.66. The quantitative estimate of drug-likeness (QED) is 0.870. The molecule has 2 heterocycles. The number of rotatable bonds is 5. The Labute approximate surface area is 124 Å². The smallest absolute Gasteiger partial charge is 0.0931 e. The minimum Gasteiger partial charge on any atom is -0.314 e. The van der Waals surface area contributed by atoms with Crippen molar-refractivity contribution in [2.75, 3.05) is 13.1 Å². The third-order valence-electron chi connectivity index (χ3n) is 4.59. The standard InChI is InChI=1S/C15H23ClN2S/c16-15-7-6-11(19-15)8-10-18-13-4-1-3-12(13)14-5-2-9-17-14/h6-7,12-14,17-18H,1-5,8-10H2. The molecule has 1 aliphatic carbocycles. The molecule has 2 N–H and O–H groups in total. The van der Waals surface area contributed by atoms with E-state index in [-0.39, 0.29) is 0 Å². The molecule has 1 aliphatic heterocycles. The maximum absolute atomic E-state index is 5.97. The van der Waals surface area contributed by atoms with Crippen molar-refractivity contribution in [3.63, 3.8) is 0 Å². The van der Waals surface area contributed by atoms with Gasteiger partial charge < -0.3 is 10.6 Å². The Morgan fingerprint density at radius 3 is 2.95 bits per heavy atom. The van der Waals surface area contributed by atoms with E-state index in [1.165, 1.54) is 43.5 Å². The Morgan fingerprint density at radius 2 is 2.21 bits per heavy atom. The first kappa shape index (κ1) is 13.9. The first-order chi connectivity index (χ1) is 9.33. The molecule has 3 atom stereocenters. The molecule has 1 aromatic heterocycles. The summed E-state index contributed by atoms with van der Waals surface area (Å²) in [6.45, 7) is 2.31. The fraction of sp³-hybridized carbons (Fsp3) is 0.733. The molecule has 3 unspecified atom stereocenters. The van der Waals surface area contributed by atoms with Gasteiger partial charge in [0.2, 0.25) is 0 Å². The molecule has 0 amide bonds. The third-order valence-corrected chi connectivity index (χ3v) is 5.88. The molecular formula is C15H23ClN2S. The van der Waals surface area contributed by atoms with Crippen LogP contribution < -0.4 is 10.6 Å². The molecule has 0 spiro atoms. The molecular weight excluding hydrogens is 276 g/mol. The summed E-state index contributed by atoms with van der Waals surface area (Å²) in [5, 5.41) is 7.47. The fourth-order valence-electron chi connectivity index (χ4n) is 3.67. The SMILES string of the molecule is Clc1ccc(CCNC2CCCC2C2CCCN2)s1. The summed E-state index contributed by atoms with van der Waals surface area (Å²) in [7, 11) is 0. The summed E-state index contributed by atoms with van der Waals surface area (Å²) in [4.78, 5) is 1.39. The molecule has 19 heavy (non-hydrogen) atoms. The number of nitrogens with one attached hydrogen (secondary N) is 2. The second-order valence-electron chi connectivity index (χ2n) is 5.81. The fourth-order valence-corrected chi connectivity index (χ4v) is 4.75. The molecule has 2 fully saturated rings. The summed E-state index contributed by atoms with van der Waals surface area (Å²) >= 11 is 7.67. The van der Waals surface area contributed by atoms with Crippen LogP contribution in [-0.4, -0.2) is 25.2 Å². The lowest BCUT2D eigenvalue weighted by Crippen LogP contribution is -2.42. The van der Waals surface area contributed by atoms with Crippen LogP contribution in [0.2, 0.25) is 4.34 Å². The largest absolute Gasteiger partial charge is 0.314 e. The van der Waals surface area contributed by atoms with Crippen LogP contribution in [0, 0.1) is 5.92 Å². The number of hydrogen-bond acceptors (Lipinski definition) is 3. The molecule has 1 saturated carbocycles. The molecule has 0 bridgehead atoms. The van der Waals surface area contributed by atoms with Crippen LogP contribution in [0.4, 0.5) is 0 Å². The van der Waals surface area contributed by atoms with E-state index in [0.29, 0.717) is 0 Å². The predicted molar refractivity (Wildman–Crippen MR) is 83.2 cm³/mol. The van der Waals surface area contributed by atoms with Crippen LogP contribution in [-0.2, 0) is 6.42 Å². The summed E-state index contributed by atoms with van der Waals surface area (Å²) in [6.07, 6.45) is 8.00. The average molecular weight is 299 g/mol. The molecule has 1 aromatic rings. The van der Waals surface area contributed by atoms with Gasteiger partial charge in [-0.3, -0.25) is 0 Å². The van der Waals surface area contributed by atoms with Gasteiger partial charge in [0.25, 0.3) is 0 Å². The highest BCUT2D eigenvalue weighted by Crippen LogP contribution is 2.32. The Kier molecular flexibility index (Phi) is 4.80. The molecule has 0 radical (unpaired) electrons. The van der Waals surface area contributed by atoms with E-state index in [9.17, 15) is 0 Å². The second-order valence-corrected chi connectivity index (χ2v) is 7.61. The van der Waals surface area contributed by atoms with E-state index in [0.717, 1.165) is 35.3 Å². The van der Waals surface area contributed by atoms with Crippen LogP contribution in [0.1, 0.15) is 37.0 Å². The summed E-state index contributed by atoms with van der Waals surface area (Å²) < 4.78 is 0.906. The Hall–Kier alpha value is -0.0900. The van der Waals surface area contributed by atoms with Crippen molar-refractivity contribution < 1.29 is 0 Å². The Balaban J connectivity index is 1.46. The molecule has 3 rings (SSSR count). The zero-order chi connectivity index (χ0) is 13.1. The van der Waals surface area contributed by atoms with Crippen molar-refractivity contribution >= 4 is 22.9 Å². The lowest BCUT2D eigenvalue weighted by atomic mass is 9.93. The Morgan fingerprint density at radius 1 is 1.26 bits per heavy atom. The van der Waals surface area contributed by atoms with Crippen molar-refractivity contribution in [1.29, 1.82) is 0 Å². The van der Waals surface area contributed by atoms with Gasteiger partial charge in [-0.2, -0.15) is 0 Å². The van der Waals surface area contributed by atoms with Gasteiger partial charge in [0.15, 0.2) is 0 Å². The van der Waals surface area contributed by atoms with Crippen molar-refractivity contribution in [3.05, 3.63) is 21.3 Å². The lowest BCUT2D eigenvalue weighted by Gasteiger charge is -2.26. The molecule has 0 aromatic carbocycles. The molecule has 1 saturated heterocycles. The van der Waals surface area contributed by atoms with Crippen LogP contribution in [0.3, 0.4) is 0 Å². The van der Waals surface area contributed by atoms with Gasteiger partial charge in [-0.1, -0.05) is 18.0 Å². The van der Waals surface area contributed by atoms with Gasteiger partial charge in [-0.15, -0.1) is 11.3 Å². The lowest BCUT2D eigenvalue weighted by molar-refractivity contribution is 0.322. The van der Waals surface area contributed by atoms with Crippen LogP contribution in [0.25, 0.3) is 0 Å². The zero-order valence-electron chi connectivity index (χ0n) is 11.3. The molecule has 4 heteroatoms. The third kappa shape index (κ3) is 3.52. The normalized spacial score (nSPS) is 31.1. The van der Waals surface area contributed by atoms with Crippen LogP contribution >= 0.6 is 22.9 Å². The Bertz CT molecular complexity index is 401. The topological polar surface area (TPSA) is 24.1 Å². The highest BCUT2D eigenvalue weighted by molar-refractivity contribution is 7.16. The number of thiophene rings is 1. The maximum Gasteiger partial charge on any atom is 0.0931 e. The minimum absolute atomic E-state index is 0.728. The van der Waals surface area contributed by atoms with E-state index in [2.05, 4.69) is 16.7 Å². The van der Waals surface area contributed by atoms with Crippen molar-refractivity contribution in [3.8, 4) is 0 Å². The maximum atomic E-state index is 5.97. The highest BCUT2D eigenvalue weighted by Gasteiger charge is 2.34. The number of hydrogen-bond donors (Lipinski definition) is 2. The van der Waals surface area contributed by atoms with E-state index in [1.54, 1.807) is 11.3 Å². The van der Waals surface area contributed by atoms with Gasteiger partial charge in [-0.05, 0) is 56.7 Å². The minimum atomic E-state index is 0.728. The van der Waals surface area contributed by atoms with Crippen molar-refractivity contribution in [1.82, 2.24) is 10.6 Å². The molecule has 2 aliphatic rings. The van der Waals surface area contributed by atoms with Gasteiger partial charge in [0.1, 0.15) is 0 Å². The molecule has 106 valence electrons. The first-order valence-corrected chi connectivity index (χ1v) is 8.73.